The van der Waals surface area contributed by atoms with E-state index in [4.69, 9.17) is 4.74 Å². The van der Waals surface area contributed by atoms with Gasteiger partial charge in [0, 0.05) is 23.8 Å². The van der Waals surface area contributed by atoms with E-state index in [9.17, 15) is 14.0 Å². The molecule has 2 fully saturated rings. The Labute approximate surface area is 169 Å². The number of halogens is 1. The Morgan fingerprint density at radius 3 is 2.45 bits per heavy atom. The van der Waals surface area contributed by atoms with Gasteiger partial charge in [-0.3, -0.25) is 14.6 Å². The van der Waals surface area contributed by atoms with Gasteiger partial charge >= 0.3 is 6.09 Å². The molecule has 1 atom stereocenters. The summed E-state index contributed by atoms with van der Waals surface area (Å²) in [6, 6.07) is 15.3. The van der Waals surface area contributed by atoms with E-state index in [1.165, 1.54) is 12.1 Å². The van der Waals surface area contributed by atoms with Crippen molar-refractivity contribution in [2.75, 3.05) is 36.4 Å². The van der Waals surface area contributed by atoms with Crippen molar-refractivity contribution in [1.82, 2.24) is 4.90 Å². The van der Waals surface area contributed by atoms with Crippen molar-refractivity contribution >= 4 is 23.4 Å². The average Bonchev–Trinajstić information content (AvgIpc) is 3.11. The zero-order valence-corrected chi connectivity index (χ0v) is 16.1. The van der Waals surface area contributed by atoms with Crippen LogP contribution < -0.4 is 10.2 Å². The van der Waals surface area contributed by atoms with Crippen LogP contribution in [-0.2, 0) is 9.53 Å². The highest BCUT2D eigenvalue weighted by Crippen LogP contribution is 2.24. The van der Waals surface area contributed by atoms with Crippen LogP contribution in [0.5, 0.6) is 0 Å². The third kappa shape index (κ3) is 4.74. The van der Waals surface area contributed by atoms with Gasteiger partial charge in [-0.1, -0.05) is 18.2 Å². The molecule has 4 rings (SSSR count). The van der Waals surface area contributed by atoms with Gasteiger partial charge in [0.15, 0.2) is 0 Å². The summed E-state index contributed by atoms with van der Waals surface area (Å²) in [6.07, 6.45) is 1.01. The first-order chi connectivity index (χ1) is 14.1. The highest BCUT2D eigenvalue weighted by molar-refractivity contribution is 5.92. The first kappa shape index (κ1) is 19.4. The number of anilines is 2. The normalized spacial score (nSPS) is 20.5. The number of cyclic esters (lactones) is 1. The first-order valence-electron chi connectivity index (χ1n) is 9.90. The molecule has 7 heteroatoms. The fourth-order valence-corrected chi connectivity index (χ4v) is 3.88. The Kier molecular flexibility index (Phi) is 5.76. The van der Waals surface area contributed by atoms with Crippen molar-refractivity contribution in [2.45, 2.75) is 18.9 Å². The molecule has 29 heavy (non-hydrogen) atoms. The predicted molar refractivity (Wildman–Crippen MR) is 108 cm³/mol. The monoisotopic (exact) mass is 397 g/mol. The maximum atomic E-state index is 13.0. The molecule has 2 aliphatic rings. The van der Waals surface area contributed by atoms with Crippen molar-refractivity contribution in [3.05, 3.63) is 60.4 Å². The number of para-hydroxylation sites is 1. The number of likely N-dealkylation sites (tertiary alicyclic amines) is 1. The van der Waals surface area contributed by atoms with Crippen molar-refractivity contribution in [1.29, 1.82) is 0 Å². The maximum absolute atomic E-state index is 13.0. The molecule has 2 saturated heterocycles. The van der Waals surface area contributed by atoms with Crippen LogP contribution in [0.2, 0.25) is 0 Å². The summed E-state index contributed by atoms with van der Waals surface area (Å²) in [6.45, 7) is 2.76. The van der Waals surface area contributed by atoms with Gasteiger partial charge in [-0.15, -0.1) is 0 Å². The predicted octanol–water partition coefficient (Wildman–Crippen LogP) is 3.50. The molecule has 6 nitrogen and oxygen atoms in total. The van der Waals surface area contributed by atoms with E-state index in [0.717, 1.165) is 31.6 Å². The van der Waals surface area contributed by atoms with Crippen LogP contribution in [0.15, 0.2) is 54.6 Å². The molecular weight excluding hydrogens is 373 g/mol. The van der Waals surface area contributed by atoms with E-state index in [1.54, 1.807) is 17.0 Å². The number of amides is 2. The third-order valence-electron chi connectivity index (χ3n) is 5.47. The van der Waals surface area contributed by atoms with Crippen LogP contribution in [0.3, 0.4) is 0 Å². The minimum absolute atomic E-state index is 0.0289. The van der Waals surface area contributed by atoms with E-state index < -0.39 is 0 Å². The Morgan fingerprint density at radius 1 is 1.07 bits per heavy atom. The van der Waals surface area contributed by atoms with E-state index in [1.807, 2.05) is 30.3 Å². The fourth-order valence-electron chi connectivity index (χ4n) is 3.88. The smallest absolute Gasteiger partial charge is 0.414 e. The van der Waals surface area contributed by atoms with Crippen molar-refractivity contribution in [3.63, 3.8) is 0 Å². The molecule has 152 valence electrons. The summed E-state index contributed by atoms with van der Waals surface area (Å²) in [7, 11) is 0. The number of nitrogens with zero attached hydrogens (tertiary/aromatic N) is 2. The molecule has 2 amide bonds. The number of carbonyl (C=O) groups excluding carboxylic acids is 2. The van der Waals surface area contributed by atoms with Crippen molar-refractivity contribution in [3.8, 4) is 0 Å². The Hall–Kier alpha value is -2.93. The second kappa shape index (κ2) is 8.61. The molecule has 0 spiro atoms. The zero-order valence-electron chi connectivity index (χ0n) is 16.1. The number of hydrogen-bond donors (Lipinski definition) is 1. The Morgan fingerprint density at radius 2 is 1.76 bits per heavy atom. The van der Waals surface area contributed by atoms with Gasteiger partial charge in [0.05, 0.1) is 6.54 Å². The number of piperidine rings is 1. The van der Waals surface area contributed by atoms with E-state index in [0.29, 0.717) is 18.8 Å². The summed E-state index contributed by atoms with van der Waals surface area (Å²) in [5.41, 5.74) is 1.45. The number of carbonyl (C=O) groups is 2. The van der Waals surface area contributed by atoms with Gasteiger partial charge in [0.2, 0.25) is 5.91 Å². The number of ether oxygens (including phenoxy) is 1. The van der Waals surface area contributed by atoms with E-state index in [-0.39, 0.29) is 29.8 Å². The van der Waals surface area contributed by atoms with E-state index >= 15 is 0 Å². The molecule has 1 N–H and O–H groups in total. The van der Waals surface area contributed by atoms with Crippen LogP contribution in [0, 0.1) is 11.7 Å². The van der Waals surface area contributed by atoms with E-state index in [2.05, 4.69) is 10.2 Å². The summed E-state index contributed by atoms with van der Waals surface area (Å²) in [5, 5.41) is 2.86. The topological polar surface area (TPSA) is 61.9 Å². The van der Waals surface area contributed by atoms with Gasteiger partial charge in [-0.25, -0.2) is 9.18 Å². The average molecular weight is 397 g/mol. The maximum Gasteiger partial charge on any atom is 0.414 e. The summed E-state index contributed by atoms with van der Waals surface area (Å²) >= 11 is 0. The summed E-state index contributed by atoms with van der Waals surface area (Å²) < 4.78 is 18.5. The highest BCUT2D eigenvalue weighted by atomic mass is 19.1. The number of benzene rings is 2. The lowest BCUT2D eigenvalue weighted by atomic mass is 9.95. The van der Waals surface area contributed by atoms with Crippen LogP contribution in [0.1, 0.15) is 12.8 Å². The van der Waals surface area contributed by atoms with Crippen LogP contribution in [0.4, 0.5) is 20.6 Å². The zero-order chi connectivity index (χ0) is 20.2. The highest BCUT2D eigenvalue weighted by Gasteiger charge is 2.34. The molecule has 0 aromatic heterocycles. The Bertz CT molecular complexity index is 851. The first-order valence-corrected chi connectivity index (χ1v) is 9.90. The summed E-state index contributed by atoms with van der Waals surface area (Å²) in [4.78, 5) is 28.5. The fraction of sp³-hybridized carbons (Fsp3) is 0.364. The molecule has 2 aromatic rings. The molecule has 0 bridgehead atoms. The molecule has 2 aliphatic heterocycles. The lowest BCUT2D eigenvalue weighted by Crippen LogP contribution is -2.42. The second-order valence-corrected chi connectivity index (χ2v) is 7.52. The molecule has 1 unspecified atom stereocenters. The molecule has 0 aliphatic carbocycles. The standard InChI is InChI=1S/C22H24FN3O3/c23-17-6-8-18(9-7-17)24-21(27)16-10-12-25(13-11-16)14-20-15-26(22(28)29-20)19-4-2-1-3-5-19/h1-9,16,20H,10-15H2,(H,24,27). The van der Waals surface area contributed by atoms with Gasteiger partial charge in [0.1, 0.15) is 11.9 Å². The minimum atomic E-state index is -0.324. The SMILES string of the molecule is O=C(Nc1ccc(F)cc1)C1CCN(CC2CN(c3ccccc3)C(=O)O2)CC1. The number of rotatable bonds is 5. The Balaban J connectivity index is 1.24. The number of nitrogens with one attached hydrogen (secondary N) is 1. The molecule has 0 saturated carbocycles. The largest absolute Gasteiger partial charge is 0.443 e. The summed E-state index contributed by atoms with van der Waals surface area (Å²) in [5.74, 6) is -0.420. The van der Waals surface area contributed by atoms with Gasteiger partial charge < -0.3 is 10.1 Å². The van der Waals surface area contributed by atoms with Crippen LogP contribution in [-0.4, -0.2) is 49.2 Å². The van der Waals surface area contributed by atoms with Crippen molar-refractivity contribution < 1.29 is 18.7 Å². The second-order valence-electron chi connectivity index (χ2n) is 7.52. The van der Waals surface area contributed by atoms with Gasteiger partial charge in [-0.05, 0) is 62.3 Å². The molecule has 0 radical (unpaired) electrons. The lowest BCUT2D eigenvalue weighted by Gasteiger charge is -2.32. The van der Waals surface area contributed by atoms with Crippen molar-refractivity contribution in [2.24, 2.45) is 5.92 Å². The van der Waals surface area contributed by atoms with Crippen LogP contribution in [0.25, 0.3) is 0 Å². The van der Waals surface area contributed by atoms with Gasteiger partial charge in [-0.2, -0.15) is 0 Å². The number of hydrogen-bond acceptors (Lipinski definition) is 4. The minimum Gasteiger partial charge on any atom is -0.443 e. The van der Waals surface area contributed by atoms with Crippen LogP contribution >= 0.6 is 0 Å². The third-order valence-corrected chi connectivity index (χ3v) is 5.47. The lowest BCUT2D eigenvalue weighted by molar-refractivity contribution is -0.121. The van der Waals surface area contributed by atoms with Gasteiger partial charge in [0.25, 0.3) is 0 Å². The molecule has 2 aromatic carbocycles. The quantitative estimate of drug-likeness (QED) is 0.839. The molecular formula is C22H24FN3O3. The molecule has 2 heterocycles.